The molecule has 28 heavy (non-hydrogen) atoms. The number of thiazole rings is 1. The van der Waals surface area contributed by atoms with Gasteiger partial charge in [-0.3, -0.25) is 9.59 Å². The molecule has 6 nitrogen and oxygen atoms in total. The molecule has 3 rings (SSSR count). The van der Waals surface area contributed by atoms with E-state index in [1.54, 1.807) is 28.4 Å². The number of methoxy groups -OCH3 is 1. The van der Waals surface area contributed by atoms with Gasteiger partial charge in [0.05, 0.1) is 23.7 Å². The highest BCUT2D eigenvalue weighted by Crippen LogP contribution is 2.19. The van der Waals surface area contributed by atoms with Crippen molar-refractivity contribution in [1.29, 1.82) is 0 Å². The molecule has 0 unspecified atom stereocenters. The minimum Gasteiger partial charge on any atom is -0.487 e. The van der Waals surface area contributed by atoms with Gasteiger partial charge in [-0.2, -0.15) is 0 Å². The minimum atomic E-state index is -0.185. The second kappa shape index (κ2) is 9.50. The van der Waals surface area contributed by atoms with Gasteiger partial charge in [-0.1, -0.05) is 12.1 Å². The second-order valence-corrected chi connectivity index (χ2v) is 7.73. The van der Waals surface area contributed by atoms with Crippen molar-refractivity contribution in [3.8, 4) is 5.75 Å². The van der Waals surface area contributed by atoms with Crippen LogP contribution in [-0.4, -0.2) is 42.0 Å². The lowest BCUT2D eigenvalue weighted by molar-refractivity contribution is -0.148. The van der Waals surface area contributed by atoms with E-state index < -0.39 is 0 Å². The van der Waals surface area contributed by atoms with E-state index in [1.807, 2.05) is 36.6 Å². The van der Waals surface area contributed by atoms with Crippen molar-refractivity contribution in [3.63, 3.8) is 0 Å². The normalized spacial score (nSPS) is 15.0. The number of aromatic nitrogens is 1. The Bertz CT molecular complexity index is 836. The molecular weight excluding hydrogens is 376 g/mol. The zero-order valence-electron chi connectivity index (χ0n) is 16.1. The van der Waals surface area contributed by atoms with E-state index >= 15 is 0 Å². The minimum absolute atomic E-state index is 0.0393. The van der Waals surface area contributed by atoms with Crippen molar-refractivity contribution >= 4 is 29.3 Å². The molecule has 1 aliphatic rings. The third kappa shape index (κ3) is 5.42. The monoisotopic (exact) mass is 400 g/mol. The molecule has 1 aliphatic heterocycles. The quantitative estimate of drug-likeness (QED) is 0.549. The van der Waals surface area contributed by atoms with Crippen LogP contribution in [0.4, 0.5) is 0 Å². The molecule has 0 radical (unpaired) electrons. The Morgan fingerprint density at radius 2 is 1.96 bits per heavy atom. The van der Waals surface area contributed by atoms with Gasteiger partial charge in [0.15, 0.2) is 0 Å². The molecule has 1 aromatic heterocycles. The number of ether oxygens (including phenoxy) is 2. The molecule has 0 bridgehead atoms. The summed E-state index contributed by atoms with van der Waals surface area (Å²) < 4.78 is 10.5. The van der Waals surface area contributed by atoms with Crippen molar-refractivity contribution in [2.24, 2.45) is 5.92 Å². The number of rotatable bonds is 6. The highest BCUT2D eigenvalue weighted by molar-refractivity contribution is 7.09. The molecule has 1 fully saturated rings. The average Bonchev–Trinajstić information content (AvgIpc) is 3.16. The molecule has 1 aromatic carbocycles. The molecule has 7 heteroatoms. The largest absolute Gasteiger partial charge is 0.487 e. The van der Waals surface area contributed by atoms with Crippen molar-refractivity contribution in [1.82, 2.24) is 9.88 Å². The highest BCUT2D eigenvalue weighted by atomic mass is 32.1. The zero-order chi connectivity index (χ0) is 19.9. The molecule has 1 amide bonds. The summed E-state index contributed by atoms with van der Waals surface area (Å²) >= 11 is 1.61. The van der Waals surface area contributed by atoms with E-state index in [1.165, 1.54) is 7.11 Å². The Morgan fingerprint density at radius 1 is 1.25 bits per heavy atom. The smallest absolute Gasteiger partial charge is 0.308 e. The number of likely N-dealkylation sites (tertiary alicyclic amines) is 1. The molecule has 148 valence electrons. The number of hydrogen-bond donors (Lipinski definition) is 0. The summed E-state index contributed by atoms with van der Waals surface area (Å²) in [5.74, 6) is 0.440. The van der Waals surface area contributed by atoms with E-state index in [9.17, 15) is 9.59 Å². The average molecular weight is 401 g/mol. The topological polar surface area (TPSA) is 68.7 Å². The Hall–Kier alpha value is -2.67. The van der Waals surface area contributed by atoms with E-state index in [4.69, 9.17) is 9.47 Å². The number of esters is 1. The number of carbonyl (C=O) groups excluding carboxylic acids is 2. The van der Waals surface area contributed by atoms with Crippen LogP contribution in [0.5, 0.6) is 5.75 Å². The fourth-order valence-electron chi connectivity index (χ4n) is 3.08. The SMILES string of the molecule is COC(=O)C1CCN(C(=O)/C=C/c2ccc(OCc3csc(C)n3)cc2)CC1. The van der Waals surface area contributed by atoms with E-state index in [-0.39, 0.29) is 17.8 Å². The summed E-state index contributed by atoms with van der Waals surface area (Å²) in [5.41, 5.74) is 1.85. The number of hydrogen-bond acceptors (Lipinski definition) is 6. The zero-order valence-corrected chi connectivity index (χ0v) is 16.9. The van der Waals surface area contributed by atoms with Crippen LogP contribution in [0, 0.1) is 12.8 Å². The first-order chi connectivity index (χ1) is 13.5. The van der Waals surface area contributed by atoms with Crippen LogP contribution in [-0.2, 0) is 20.9 Å². The van der Waals surface area contributed by atoms with Gasteiger partial charge in [0.25, 0.3) is 0 Å². The molecule has 0 N–H and O–H groups in total. The molecular formula is C21H24N2O4S. The fraction of sp³-hybridized carbons (Fsp3) is 0.381. The van der Waals surface area contributed by atoms with Crippen molar-refractivity contribution < 1.29 is 19.1 Å². The first-order valence-corrected chi connectivity index (χ1v) is 10.1. The Morgan fingerprint density at radius 3 is 2.57 bits per heavy atom. The Labute approximate surface area is 168 Å². The number of carbonyl (C=O) groups is 2. The van der Waals surface area contributed by atoms with Crippen molar-refractivity contribution in [2.45, 2.75) is 26.4 Å². The van der Waals surface area contributed by atoms with Crippen LogP contribution in [0.3, 0.4) is 0 Å². The summed E-state index contributed by atoms with van der Waals surface area (Å²) in [6.07, 6.45) is 4.67. The molecule has 0 atom stereocenters. The van der Waals surface area contributed by atoms with Gasteiger partial charge in [0.1, 0.15) is 12.4 Å². The van der Waals surface area contributed by atoms with Crippen LogP contribution >= 0.6 is 11.3 Å². The number of benzene rings is 1. The number of nitrogens with zero attached hydrogens (tertiary/aromatic N) is 2. The van der Waals surface area contributed by atoms with Gasteiger partial charge in [-0.15, -0.1) is 11.3 Å². The predicted octanol–water partition coefficient (Wildman–Crippen LogP) is 3.46. The Balaban J connectivity index is 1.47. The predicted molar refractivity (Wildman–Crippen MR) is 108 cm³/mol. The van der Waals surface area contributed by atoms with E-state index in [0.717, 1.165) is 22.0 Å². The lowest BCUT2D eigenvalue weighted by atomic mass is 9.97. The number of piperidine rings is 1. The Kier molecular flexibility index (Phi) is 6.81. The first kappa shape index (κ1) is 20.1. The lowest BCUT2D eigenvalue weighted by Crippen LogP contribution is -2.39. The summed E-state index contributed by atoms with van der Waals surface area (Å²) in [5, 5.41) is 3.02. The molecule has 0 aliphatic carbocycles. The lowest BCUT2D eigenvalue weighted by Gasteiger charge is -2.29. The summed E-state index contributed by atoms with van der Waals surface area (Å²) in [7, 11) is 1.40. The molecule has 0 saturated carbocycles. The molecule has 0 spiro atoms. The third-order valence-electron chi connectivity index (χ3n) is 4.69. The molecule has 2 heterocycles. The van der Waals surface area contributed by atoms with Crippen LogP contribution in [0.25, 0.3) is 6.08 Å². The maximum Gasteiger partial charge on any atom is 0.308 e. The standard InChI is InChI=1S/C21H24N2O4S/c1-15-22-18(14-28-15)13-27-19-6-3-16(4-7-19)5-8-20(24)23-11-9-17(10-12-23)21(25)26-2/h3-8,14,17H,9-13H2,1-2H3/b8-5+. The van der Waals surface area contributed by atoms with Gasteiger partial charge in [-0.25, -0.2) is 4.98 Å². The molecule has 2 aromatic rings. The molecule has 1 saturated heterocycles. The fourth-order valence-corrected chi connectivity index (χ4v) is 3.68. The van der Waals surface area contributed by atoms with Crippen LogP contribution in [0.15, 0.2) is 35.7 Å². The highest BCUT2D eigenvalue weighted by Gasteiger charge is 2.26. The third-order valence-corrected chi connectivity index (χ3v) is 5.52. The first-order valence-electron chi connectivity index (χ1n) is 9.24. The summed E-state index contributed by atoms with van der Waals surface area (Å²) in [6.45, 7) is 3.56. The van der Waals surface area contributed by atoms with Gasteiger partial charge in [0.2, 0.25) is 5.91 Å². The van der Waals surface area contributed by atoms with Crippen LogP contribution in [0.1, 0.15) is 29.1 Å². The van der Waals surface area contributed by atoms with Gasteiger partial charge >= 0.3 is 5.97 Å². The van der Waals surface area contributed by atoms with E-state index in [2.05, 4.69) is 4.98 Å². The maximum absolute atomic E-state index is 12.3. The van der Waals surface area contributed by atoms with Crippen LogP contribution in [0.2, 0.25) is 0 Å². The van der Waals surface area contributed by atoms with Crippen molar-refractivity contribution in [3.05, 3.63) is 52.0 Å². The summed E-state index contributed by atoms with van der Waals surface area (Å²) in [6, 6.07) is 7.58. The van der Waals surface area contributed by atoms with Crippen LogP contribution < -0.4 is 4.74 Å². The summed E-state index contributed by atoms with van der Waals surface area (Å²) in [4.78, 5) is 30.0. The van der Waals surface area contributed by atoms with E-state index in [0.29, 0.717) is 32.5 Å². The number of amides is 1. The van der Waals surface area contributed by atoms with Crippen molar-refractivity contribution in [2.75, 3.05) is 20.2 Å². The maximum atomic E-state index is 12.3. The van der Waals surface area contributed by atoms with Gasteiger partial charge in [-0.05, 0) is 43.5 Å². The van der Waals surface area contributed by atoms with Gasteiger partial charge in [0, 0.05) is 24.5 Å². The van der Waals surface area contributed by atoms with Gasteiger partial charge < -0.3 is 14.4 Å². The second-order valence-electron chi connectivity index (χ2n) is 6.67. The number of aryl methyl sites for hydroxylation is 1.